The Hall–Kier alpha value is -1.84. The van der Waals surface area contributed by atoms with Gasteiger partial charge in [0.15, 0.2) is 0 Å². The van der Waals surface area contributed by atoms with E-state index in [2.05, 4.69) is 0 Å². The highest BCUT2D eigenvalue weighted by Gasteiger charge is 2.04. The maximum Gasteiger partial charge on any atom is 0.127 e. The van der Waals surface area contributed by atoms with Crippen molar-refractivity contribution in [3.8, 4) is 11.5 Å². The molecule has 2 rings (SSSR count). The summed E-state index contributed by atoms with van der Waals surface area (Å²) in [5, 5.41) is 18.1. The normalized spacial score (nSPS) is 12.1. The molecule has 3 heteroatoms. The van der Waals surface area contributed by atoms with Crippen LogP contribution >= 0.6 is 0 Å². The number of para-hydroxylation sites is 1. The standard InChI is InChI=1S/C15H16O3/c16-11-13(17)10-12-6-8-15(9-7-12)18-14-4-2-1-3-5-14/h1-9,13,16-17H,10-11H2. The minimum absolute atomic E-state index is 0.220. The van der Waals surface area contributed by atoms with Gasteiger partial charge < -0.3 is 14.9 Å². The summed E-state index contributed by atoms with van der Waals surface area (Å²) in [5.74, 6) is 1.55. The molecule has 2 aromatic rings. The van der Waals surface area contributed by atoms with Gasteiger partial charge in [0.25, 0.3) is 0 Å². The number of hydrogen-bond donors (Lipinski definition) is 2. The minimum atomic E-state index is -0.703. The first-order chi connectivity index (χ1) is 8.78. The maximum atomic E-state index is 9.33. The third-order valence-corrected chi connectivity index (χ3v) is 2.58. The first kappa shape index (κ1) is 12.6. The fourth-order valence-corrected chi connectivity index (χ4v) is 1.65. The Morgan fingerprint density at radius 1 is 0.889 bits per heavy atom. The second-order valence-corrected chi connectivity index (χ2v) is 4.10. The van der Waals surface area contributed by atoms with E-state index in [4.69, 9.17) is 9.84 Å². The highest BCUT2D eigenvalue weighted by atomic mass is 16.5. The molecule has 0 saturated carbocycles. The predicted molar refractivity (Wildman–Crippen MR) is 69.8 cm³/mol. The van der Waals surface area contributed by atoms with E-state index in [9.17, 15) is 5.11 Å². The van der Waals surface area contributed by atoms with Crippen molar-refractivity contribution in [1.82, 2.24) is 0 Å². The molecular weight excluding hydrogens is 228 g/mol. The summed E-state index contributed by atoms with van der Waals surface area (Å²) >= 11 is 0. The predicted octanol–water partition coefficient (Wildman–Crippen LogP) is 2.37. The zero-order chi connectivity index (χ0) is 12.8. The molecule has 0 aliphatic rings. The second-order valence-electron chi connectivity index (χ2n) is 4.10. The van der Waals surface area contributed by atoms with E-state index in [1.165, 1.54) is 0 Å². The Kier molecular flexibility index (Phi) is 4.34. The van der Waals surface area contributed by atoms with Crippen LogP contribution < -0.4 is 4.74 Å². The van der Waals surface area contributed by atoms with Gasteiger partial charge in [0.2, 0.25) is 0 Å². The van der Waals surface area contributed by atoms with E-state index in [1.807, 2.05) is 54.6 Å². The molecule has 94 valence electrons. The van der Waals surface area contributed by atoms with Crippen LogP contribution in [0.4, 0.5) is 0 Å². The number of benzene rings is 2. The smallest absolute Gasteiger partial charge is 0.127 e. The lowest BCUT2D eigenvalue weighted by Crippen LogP contribution is -2.14. The van der Waals surface area contributed by atoms with Gasteiger partial charge in [0.1, 0.15) is 11.5 Å². The Balaban J connectivity index is 2.00. The van der Waals surface area contributed by atoms with Crippen molar-refractivity contribution in [2.45, 2.75) is 12.5 Å². The van der Waals surface area contributed by atoms with E-state index in [0.717, 1.165) is 17.1 Å². The molecule has 1 atom stereocenters. The Bertz CT molecular complexity index is 465. The number of hydrogen-bond acceptors (Lipinski definition) is 3. The lowest BCUT2D eigenvalue weighted by Gasteiger charge is -2.09. The molecule has 0 fully saturated rings. The molecule has 0 aliphatic heterocycles. The molecule has 0 aliphatic carbocycles. The van der Waals surface area contributed by atoms with Crippen molar-refractivity contribution in [3.63, 3.8) is 0 Å². The third kappa shape index (κ3) is 3.58. The Labute approximate surface area is 106 Å². The number of rotatable bonds is 5. The summed E-state index contributed by atoms with van der Waals surface area (Å²) in [6.07, 6.45) is -0.256. The van der Waals surface area contributed by atoms with Crippen molar-refractivity contribution in [2.75, 3.05) is 6.61 Å². The van der Waals surface area contributed by atoms with E-state index in [-0.39, 0.29) is 6.61 Å². The first-order valence-electron chi connectivity index (χ1n) is 5.88. The number of ether oxygens (including phenoxy) is 1. The second kappa shape index (κ2) is 6.19. The van der Waals surface area contributed by atoms with E-state index in [0.29, 0.717) is 6.42 Å². The fraction of sp³-hybridized carbons (Fsp3) is 0.200. The minimum Gasteiger partial charge on any atom is -0.457 e. The number of aliphatic hydroxyl groups excluding tert-OH is 2. The number of aliphatic hydroxyl groups is 2. The van der Waals surface area contributed by atoms with Gasteiger partial charge >= 0.3 is 0 Å². The van der Waals surface area contributed by atoms with Crippen molar-refractivity contribution < 1.29 is 14.9 Å². The lowest BCUT2D eigenvalue weighted by atomic mass is 10.1. The average Bonchev–Trinajstić information content (AvgIpc) is 2.42. The molecule has 0 spiro atoms. The third-order valence-electron chi connectivity index (χ3n) is 2.58. The zero-order valence-electron chi connectivity index (χ0n) is 9.99. The molecule has 0 aromatic heterocycles. The van der Waals surface area contributed by atoms with Crippen LogP contribution in [-0.2, 0) is 6.42 Å². The molecule has 0 bridgehead atoms. The summed E-state index contributed by atoms with van der Waals surface area (Å²) in [6, 6.07) is 17.0. The quantitative estimate of drug-likeness (QED) is 0.849. The van der Waals surface area contributed by atoms with Crippen LogP contribution in [-0.4, -0.2) is 22.9 Å². The van der Waals surface area contributed by atoms with Crippen molar-refractivity contribution in [2.24, 2.45) is 0 Å². The van der Waals surface area contributed by atoms with Crippen LogP contribution in [0.3, 0.4) is 0 Å². The van der Waals surface area contributed by atoms with Gasteiger partial charge in [-0.2, -0.15) is 0 Å². The molecule has 1 unspecified atom stereocenters. The highest BCUT2D eigenvalue weighted by molar-refractivity contribution is 5.33. The summed E-state index contributed by atoms with van der Waals surface area (Å²) in [4.78, 5) is 0. The van der Waals surface area contributed by atoms with Gasteiger partial charge in [-0.05, 0) is 29.8 Å². The Morgan fingerprint density at radius 3 is 2.11 bits per heavy atom. The SMILES string of the molecule is OCC(O)Cc1ccc(Oc2ccccc2)cc1. The van der Waals surface area contributed by atoms with Gasteiger partial charge in [-0.1, -0.05) is 30.3 Å². The van der Waals surface area contributed by atoms with Crippen molar-refractivity contribution in [3.05, 3.63) is 60.2 Å². The van der Waals surface area contributed by atoms with Crippen LogP contribution in [0.25, 0.3) is 0 Å². The lowest BCUT2D eigenvalue weighted by molar-refractivity contribution is 0.0955. The molecule has 0 amide bonds. The van der Waals surface area contributed by atoms with Crippen molar-refractivity contribution >= 4 is 0 Å². The van der Waals surface area contributed by atoms with E-state index in [1.54, 1.807) is 0 Å². The van der Waals surface area contributed by atoms with Gasteiger partial charge in [0.05, 0.1) is 12.7 Å². The molecule has 2 aromatic carbocycles. The van der Waals surface area contributed by atoms with Crippen LogP contribution in [0.5, 0.6) is 11.5 Å². The van der Waals surface area contributed by atoms with Crippen LogP contribution in [0.2, 0.25) is 0 Å². The summed E-state index contributed by atoms with van der Waals surface area (Å²) in [6.45, 7) is -0.220. The fourth-order valence-electron chi connectivity index (χ4n) is 1.65. The summed E-state index contributed by atoms with van der Waals surface area (Å²) in [7, 11) is 0. The molecule has 0 saturated heterocycles. The van der Waals surface area contributed by atoms with E-state index >= 15 is 0 Å². The zero-order valence-corrected chi connectivity index (χ0v) is 9.99. The molecule has 0 heterocycles. The molecule has 2 N–H and O–H groups in total. The molecule has 0 radical (unpaired) electrons. The van der Waals surface area contributed by atoms with Crippen LogP contribution in [0.15, 0.2) is 54.6 Å². The Morgan fingerprint density at radius 2 is 1.50 bits per heavy atom. The molecule has 3 nitrogen and oxygen atoms in total. The van der Waals surface area contributed by atoms with Gasteiger partial charge in [0, 0.05) is 6.42 Å². The van der Waals surface area contributed by atoms with Crippen LogP contribution in [0, 0.1) is 0 Å². The topological polar surface area (TPSA) is 49.7 Å². The largest absolute Gasteiger partial charge is 0.457 e. The monoisotopic (exact) mass is 244 g/mol. The maximum absolute atomic E-state index is 9.33. The average molecular weight is 244 g/mol. The van der Waals surface area contributed by atoms with E-state index < -0.39 is 6.10 Å². The van der Waals surface area contributed by atoms with Gasteiger partial charge in [-0.15, -0.1) is 0 Å². The van der Waals surface area contributed by atoms with Crippen LogP contribution in [0.1, 0.15) is 5.56 Å². The van der Waals surface area contributed by atoms with Gasteiger partial charge in [-0.25, -0.2) is 0 Å². The van der Waals surface area contributed by atoms with Crippen molar-refractivity contribution in [1.29, 1.82) is 0 Å². The first-order valence-corrected chi connectivity index (χ1v) is 5.88. The summed E-state index contributed by atoms with van der Waals surface area (Å²) < 4.78 is 5.65. The van der Waals surface area contributed by atoms with Gasteiger partial charge in [-0.3, -0.25) is 0 Å². The highest BCUT2D eigenvalue weighted by Crippen LogP contribution is 2.21. The summed E-state index contributed by atoms with van der Waals surface area (Å²) in [5.41, 5.74) is 0.969. The molecular formula is C15H16O3. The molecule has 18 heavy (non-hydrogen) atoms.